The van der Waals surface area contributed by atoms with Crippen molar-refractivity contribution in [2.45, 2.75) is 58.3 Å². The van der Waals surface area contributed by atoms with E-state index in [1.165, 1.54) is 4.90 Å². The average Bonchev–Trinajstić information content (AvgIpc) is 2.28. The fourth-order valence-corrected chi connectivity index (χ4v) is 3.99. The molecule has 1 saturated heterocycles. The second-order valence-corrected chi connectivity index (χ2v) is 7.73. The summed E-state index contributed by atoms with van der Waals surface area (Å²) in [7, 11) is 0. The van der Waals surface area contributed by atoms with E-state index in [0.29, 0.717) is 22.2 Å². The number of halogens is 2. The molecule has 0 spiro atoms. The Bertz CT molecular complexity index is 600. The zero-order valence-corrected chi connectivity index (χ0v) is 15.0. The van der Waals surface area contributed by atoms with Crippen molar-refractivity contribution < 1.29 is 9.90 Å². The van der Waals surface area contributed by atoms with Gasteiger partial charge in [0.15, 0.2) is 0 Å². The van der Waals surface area contributed by atoms with Gasteiger partial charge in [-0.1, -0.05) is 23.2 Å². The zero-order chi connectivity index (χ0) is 16.9. The van der Waals surface area contributed by atoms with Crippen LogP contribution in [0.2, 0.25) is 10.0 Å². The Kier molecular flexibility index (Phi) is 4.42. The Morgan fingerprint density at radius 2 is 1.82 bits per heavy atom. The molecule has 22 heavy (non-hydrogen) atoms. The van der Waals surface area contributed by atoms with Gasteiger partial charge < -0.3 is 10.0 Å². The first-order valence-electron chi connectivity index (χ1n) is 7.28. The molecule has 1 aliphatic heterocycles. The monoisotopic (exact) mass is 344 g/mol. The molecule has 1 aliphatic rings. The lowest BCUT2D eigenvalue weighted by Gasteiger charge is -2.55. The standard InChI is InChI=1S/C16H22Cl2N2O2/c1-10(2)19-14(21)20(16(5,22)9-15(19,3)4)13-7-6-11(17)8-12(13)18/h6-8,10,22H,9H2,1-5H3. The molecule has 1 unspecified atom stereocenters. The van der Waals surface area contributed by atoms with E-state index in [2.05, 4.69) is 0 Å². The summed E-state index contributed by atoms with van der Waals surface area (Å²) in [6.07, 6.45) is 0.406. The molecule has 6 heteroatoms. The van der Waals surface area contributed by atoms with Crippen LogP contribution in [0.4, 0.5) is 10.5 Å². The Morgan fingerprint density at radius 3 is 2.32 bits per heavy atom. The van der Waals surface area contributed by atoms with Gasteiger partial charge in [-0.3, -0.25) is 4.90 Å². The fourth-order valence-electron chi connectivity index (χ4n) is 3.50. The van der Waals surface area contributed by atoms with E-state index >= 15 is 0 Å². The van der Waals surface area contributed by atoms with Gasteiger partial charge in [-0.15, -0.1) is 0 Å². The van der Waals surface area contributed by atoms with Crippen molar-refractivity contribution in [3.05, 3.63) is 28.2 Å². The maximum Gasteiger partial charge on any atom is 0.327 e. The van der Waals surface area contributed by atoms with Gasteiger partial charge >= 0.3 is 6.03 Å². The van der Waals surface area contributed by atoms with Crippen LogP contribution in [0.1, 0.15) is 41.0 Å². The molecule has 1 heterocycles. The van der Waals surface area contributed by atoms with Crippen LogP contribution in [0, 0.1) is 0 Å². The lowest BCUT2D eigenvalue weighted by molar-refractivity contribution is -0.0334. The molecule has 0 bridgehead atoms. The van der Waals surface area contributed by atoms with Crippen molar-refractivity contribution in [3.8, 4) is 0 Å². The van der Waals surface area contributed by atoms with Gasteiger partial charge in [-0.2, -0.15) is 0 Å². The second-order valence-electron chi connectivity index (χ2n) is 6.88. The Labute approximate surface area is 141 Å². The maximum atomic E-state index is 13.0. The van der Waals surface area contributed by atoms with E-state index in [9.17, 15) is 9.90 Å². The first-order valence-corrected chi connectivity index (χ1v) is 8.04. The van der Waals surface area contributed by atoms with E-state index in [4.69, 9.17) is 23.2 Å². The highest BCUT2D eigenvalue weighted by molar-refractivity contribution is 6.36. The topological polar surface area (TPSA) is 43.8 Å². The second kappa shape index (κ2) is 5.59. The molecule has 1 aromatic rings. The minimum absolute atomic E-state index is 0.00664. The van der Waals surface area contributed by atoms with Gasteiger partial charge in [0.1, 0.15) is 5.72 Å². The number of carbonyl (C=O) groups is 1. The molecule has 4 nitrogen and oxygen atoms in total. The highest BCUT2D eigenvalue weighted by Crippen LogP contribution is 2.42. The van der Waals surface area contributed by atoms with E-state index in [1.54, 1.807) is 30.0 Å². The Hall–Kier alpha value is -0.970. The maximum absolute atomic E-state index is 13.0. The predicted molar refractivity (Wildman–Crippen MR) is 90.6 cm³/mol. The van der Waals surface area contributed by atoms with E-state index in [-0.39, 0.29) is 12.1 Å². The van der Waals surface area contributed by atoms with Crippen LogP contribution in [0.3, 0.4) is 0 Å². The van der Waals surface area contributed by atoms with Gasteiger partial charge in [-0.05, 0) is 52.8 Å². The number of hydrogen-bond donors (Lipinski definition) is 1. The van der Waals surface area contributed by atoms with Gasteiger partial charge in [-0.25, -0.2) is 4.79 Å². The summed E-state index contributed by atoms with van der Waals surface area (Å²) in [5.41, 5.74) is -1.32. The van der Waals surface area contributed by atoms with Crippen molar-refractivity contribution in [1.29, 1.82) is 0 Å². The third kappa shape index (κ3) is 2.92. The van der Waals surface area contributed by atoms with Crippen molar-refractivity contribution in [2.75, 3.05) is 4.90 Å². The number of carbonyl (C=O) groups excluding carboxylic acids is 1. The molecule has 2 amide bonds. The normalized spacial score (nSPS) is 25.0. The lowest BCUT2D eigenvalue weighted by Crippen LogP contribution is -2.69. The average molecular weight is 345 g/mol. The number of rotatable bonds is 2. The van der Waals surface area contributed by atoms with Crippen LogP contribution in [-0.4, -0.2) is 33.3 Å². The molecule has 0 saturated carbocycles. The summed E-state index contributed by atoms with van der Waals surface area (Å²) in [4.78, 5) is 16.2. The van der Waals surface area contributed by atoms with Gasteiger partial charge in [0.25, 0.3) is 0 Å². The minimum Gasteiger partial charge on any atom is -0.371 e. The fraction of sp³-hybridized carbons (Fsp3) is 0.562. The number of urea groups is 1. The summed E-state index contributed by atoms with van der Waals surface area (Å²) in [5.74, 6) is 0. The third-order valence-corrected chi connectivity index (χ3v) is 4.50. The lowest BCUT2D eigenvalue weighted by atomic mass is 9.86. The highest BCUT2D eigenvalue weighted by atomic mass is 35.5. The van der Waals surface area contributed by atoms with Gasteiger partial charge in [0.2, 0.25) is 0 Å². The zero-order valence-electron chi connectivity index (χ0n) is 13.5. The van der Waals surface area contributed by atoms with E-state index in [1.807, 2.05) is 27.7 Å². The minimum atomic E-state index is -1.33. The summed E-state index contributed by atoms with van der Waals surface area (Å²) < 4.78 is 0. The van der Waals surface area contributed by atoms with E-state index in [0.717, 1.165) is 0 Å². The molecule has 2 rings (SSSR count). The molecule has 1 fully saturated rings. The largest absolute Gasteiger partial charge is 0.371 e. The number of hydrogen-bond acceptors (Lipinski definition) is 2. The molecule has 0 aromatic heterocycles. The van der Waals surface area contributed by atoms with Crippen LogP contribution in [0.5, 0.6) is 0 Å². The molecule has 1 N–H and O–H groups in total. The molecule has 1 aromatic carbocycles. The summed E-state index contributed by atoms with van der Waals surface area (Å²) in [6, 6.07) is 4.63. The number of nitrogens with zero attached hydrogens (tertiary/aromatic N) is 2. The first kappa shape index (κ1) is 17.4. The van der Waals surface area contributed by atoms with E-state index < -0.39 is 11.3 Å². The molecule has 1 atom stereocenters. The highest BCUT2D eigenvalue weighted by Gasteiger charge is 2.51. The SMILES string of the molecule is CC(C)N1C(=O)N(c2ccc(Cl)cc2Cl)C(C)(O)CC1(C)C. The van der Waals surface area contributed by atoms with Crippen LogP contribution < -0.4 is 4.90 Å². The van der Waals surface area contributed by atoms with Crippen molar-refractivity contribution in [1.82, 2.24) is 4.90 Å². The number of anilines is 1. The molecule has 0 radical (unpaired) electrons. The van der Waals surface area contributed by atoms with Crippen LogP contribution in [0.15, 0.2) is 18.2 Å². The summed E-state index contributed by atoms with van der Waals surface area (Å²) >= 11 is 12.2. The third-order valence-electron chi connectivity index (χ3n) is 3.97. The van der Waals surface area contributed by atoms with Crippen LogP contribution in [0.25, 0.3) is 0 Å². The van der Waals surface area contributed by atoms with Crippen molar-refractivity contribution in [3.63, 3.8) is 0 Å². The quantitative estimate of drug-likeness (QED) is 0.856. The smallest absolute Gasteiger partial charge is 0.327 e. The molecular weight excluding hydrogens is 323 g/mol. The van der Waals surface area contributed by atoms with Crippen LogP contribution in [-0.2, 0) is 0 Å². The number of aliphatic hydroxyl groups is 1. The first-order chi connectivity index (χ1) is 9.97. The molecular formula is C16H22Cl2N2O2. The Morgan fingerprint density at radius 1 is 1.23 bits per heavy atom. The van der Waals surface area contributed by atoms with Crippen LogP contribution >= 0.6 is 23.2 Å². The van der Waals surface area contributed by atoms with Crippen molar-refractivity contribution in [2.24, 2.45) is 0 Å². The molecule has 122 valence electrons. The number of benzene rings is 1. The molecule has 0 aliphatic carbocycles. The predicted octanol–water partition coefficient (Wildman–Crippen LogP) is 4.52. The van der Waals surface area contributed by atoms with Gasteiger partial charge in [0, 0.05) is 23.0 Å². The van der Waals surface area contributed by atoms with Gasteiger partial charge in [0.05, 0.1) is 10.7 Å². The Balaban J connectivity index is 2.56. The number of amides is 2. The summed E-state index contributed by atoms with van der Waals surface area (Å²) in [6.45, 7) is 9.47. The van der Waals surface area contributed by atoms with Crippen molar-refractivity contribution >= 4 is 34.9 Å². The summed E-state index contributed by atoms with van der Waals surface area (Å²) in [5, 5.41) is 11.7.